The molecule has 2 N–H and O–H groups in total. The van der Waals surface area contributed by atoms with Crippen LogP contribution in [0.2, 0.25) is 0 Å². The molecule has 0 saturated carbocycles. The number of hydrogen-bond donors (Lipinski definition) is 2. The van der Waals surface area contributed by atoms with Crippen LogP contribution in [0.5, 0.6) is 5.75 Å². The summed E-state index contributed by atoms with van der Waals surface area (Å²) in [6.45, 7) is 3.42. The fourth-order valence-electron chi connectivity index (χ4n) is 3.60. The molecule has 158 valence electrons. The predicted molar refractivity (Wildman–Crippen MR) is 97.6 cm³/mol. The van der Waals surface area contributed by atoms with Gasteiger partial charge in [0.25, 0.3) is 0 Å². The van der Waals surface area contributed by atoms with E-state index in [2.05, 4.69) is 22.0 Å². The normalized spacial score (nSPS) is 16.8. The number of aromatic nitrogens is 2. The molecule has 1 spiro atoms. The van der Waals surface area contributed by atoms with E-state index < -0.39 is 12.1 Å². The highest BCUT2D eigenvalue weighted by Gasteiger charge is 2.45. The summed E-state index contributed by atoms with van der Waals surface area (Å²) in [6.07, 6.45) is -1.22. The minimum absolute atomic E-state index is 0.265. The number of piperidine rings is 1. The summed E-state index contributed by atoms with van der Waals surface area (Å²) in [5.74, 6) is -1.80. The van der Waals surface area contributed by atoms with E-state index in [4.69, 9.17) is 24.4 Å². The second kappa shape index (κ2) is 8.42. The molecule has 4 rings (SSSR count). The van der Waals surface area contributed by atoms with E-state index in [0.717, 1.165) is 49.5 Å². The lowest BCUT2D eigenvalue weighted by atomic mass is 9.84. The van der Waals surface area contributed by atoms with E-state index in [1.54, 1.807) is 7.11 Å². The topological polar surface area (TPSA) is 85.6 Å². The van der Waals surface area contributed by atoms with E-state index in [1.165, 1.54) is 5.69 Å². The standard InChI is InChI=1S/C17H21N3O2.C2HF3O2/c1-21-11-10-20-12-19-15-13-4-2-3-5-14(13)22-17(16(15)20)6-8-18-9-7-17;3-2(4,5)1(6)7/h2-5,12,18H,6-11H2,1H3;(H,6,7). The molecule has 0 aliphatic carbocycles. The van der Waals surface area contributed by atoms with Crippen molar-refractivity contribution in [3.05, 3.63) is 36.3 Å². The van der Waals surface area contributed by atoms with Gasteiger partial charge in [0.1, 0.15) is 5.75 Å². The Bertz CT molecular complexity index is 861. The maximum atomic E-state index is 10.6. The third-order valence-electron chi connectivity index (χ3n) is 4.91. The highest BCUT2D eigenvalue weighted by molar-refractivity contribution is 5.73. The van der Waals surface area contributed by atoms with Crippen molar-refractivity contribution in [3.63, 3.8) is 0 Å². The van der Waals surface area contributed by atoms with Crippen molar-refractivity contribution in [1.82, 2.24) is 14.9 Å². The number of imidazole rings is 1. The average molecular weight is 413 g/mol. The predicted octanol–water partition coefficient (Wildman–Crippen LogP) is 2.80. The Balaban J connectivity index is 0.000000298. The van der Waals surface area contributed by atoms with Crippen LogP contribution in [0.15, 0.2) is 30.6 Å². The molecule has 0 unspecified atom stereocenters. The number of rotatable bonds is 3. The lowest BCUT2D eigenvalue weighted by molar-refractivity contribution is -0.192. The molecule has 2 aromatic rings. The number of nitrogens with zero attached hydrogens (tertiary/aromatic N) is 2. The largest absolute Gasteiger partial charge is 0.490 e. The lowest BCUT2D eigenvalue weighted by Gasteiger charge is -2.42. The number of carbonyl (C=O) groups is 1. The van der Waals surface area contributed by atoms with E-state index in [0.29, 0.717) is 6.61 Å². The summed E-state index contributed by atoms with van der Waals surface area (Å²) < 4.78 is 45.7. The number of aliphatic carboxylic acids is 1. The molecule has 7 nitrogen and oxygen atoms in total. The quantitative estimate of drug-likeness (QED) is 0.805. The number of ether oxygens (including phenoxy) is 2. The number of halogens is 3. The molecular weight excluding hydrogens is 391 g/mol. The molecule has 0 radical (unpaired) electrons. The van der Waals surface area contributed by atoms with Gasteiger partial charge in [-0.2, -0.15) is 13.2 Å². The van der Waals surface area contributed by atoms with E-state index >= 15 is 0 Å². The summed E-state index contributed by atoms with van der Waals surface area (Å²) >= 11 is 0. The molecule has 1 fully saturated rings. The summed E-state index contributed by atoms with van der Waals surface area (Å²) in [5, 5.41) is 10.6. The summed E-state index contributed by atoms with van der Waals surface area (Å²) in [7, 11) is 1.73. The Kier molecular flexibility index (Phi) is 6.13. The second-order valence-corrected chi connectivity index (χ2v) is 6.77. The van der Waals surface area contributed by atoms with Crippen LogP contribution < -0.4 is 10.1 Å². The van der Waals surface area contributed by atoms with Crippen LogP contribution in [0, 0.1) is 0 Å². The number of hydrogen-bond acceptors (Lipinski definition) is 5. The molecule has 1 saturated heterocycles. The van der Waals surface area contributed by atoms with Gasteiger partial charge in [0.05, 0.1) is 24.3 Å². The molecule has 1 aromatic carbocycles. The SMILES string of the molecule is COCCn1cnc2c1C1(CCNCC1)Oc1ccccc1-2.O=C(O)C(F)(F)F. The minimum atomic E-state index is -5.08. The Morgan fingerprint density at radius 1 is 1.34 bits per heavy atom. The third kappa shape index (κ3) is 4.38. The molecule has 0 bridgehead atoms. The Morgan fingerprint density at radius 2 is 2.00 bits per heavy atom. The molecular formula is C19H22F3N3O4. The van der Waals surface area contributed by atoms with Crippen LogP contribution in [0.25, 0.3) is 11.3 Å². The lowest BCUT2D eigenvalue weighted by Crippen LogP contribution is -2.46. The first-order chi connectivity index (χ1) is 13.8. The van der Waals surface area contributed by atoms with Crippen molar-refractivity contribution >= 4 is 5.97 Å². The van der Waals surface area contributed by atoms with Crippen molar-refractivity contribution in [2.45, 2.75) is 31.2 Å². The number of nitrogens with one attached hydrogen (secondary N) is 1. The van der Waals surface area contributed by atoms with Crippen LogP contribution >= 0.6 is 0 Å². The molecule has 2 aliphatic rings. The Hall–Kier alpha value is -2.59. The maximum absolute atomic E-state index is 10.6. The summed E-state index contributed by atoms with van der Waals surface area (Å²) in [5.41, 5.74) is 3.11. The summed E-state index contributed by atoms with van der Waals surface area (Å²) in [6, 6.07) is 8.22. The summed E-state index contributed by atoms with van der Waals surface area (Å²) in [4.78, 5) is 13.6. The zero-order valence-electron chi connectivity index (χ0n) is 15.8. The Labute approximate surface area is 165 Å². The van der Waals surface area contributed by atoms with Crippen LogP contribution in [-0.2, 0) is 21.7 Å². The van der Waals surface area contributed by atoms with E-state index in [9.17, 15) is 13.2 Å². The molecule has 0 amide bonds. The van der Waals surface area contributed by atoms with Gasteiger partial charge in [-0.3, -0.25) is 0 Å². The highest BCUT2D eigenvalue weighted by Crippen LogP contribution is 2.48. The van der Waals surface area contributed by atoms with Crippen LogP contribution in [-0.4, -0.2) is 53.6 Å². The van der Waals surface area contributed by atoms with Gasteiger partial charge in [-0.1, -0.05) is 12.1 Å². The molecule has 2 aliphatic heterocycles. The third-order valence-corrected chi connectivity index (χ3v) is 4.91. The van der Waals surface area contributed by atoms with Gasteiger partial charge in [0.15, 0.2) is 5.60 Å². The van der Waals surface area contributed by atoms with Gasteiger partial charge >= 0.3 is 12.1 Å². The van der Waals surface area contributed by atoms with Crippen molar-refractivity contribution in [2.24, 2.45) is 0 Å². The van der Waals surface area contributed by atoms with Gasteiger partial charge in [-0.15, -0.1) is 0 Å². The smallest absolute Gasteiger partial charge is 0.480 e. The van der Waals surface area contributed by atoms with Crippen LogP contribution in [0.1, 0.15) is 18.5 Å². The molecule has 1 aromatic heterocycles. The van der Waals surface area contributed by atoms with Crippen molar-refractivity contribution in [3.8, 4) is 17.0 Å². The minimum Gasteiger partial charge on any atom is -0.480 e. The van der Waals surface area contributed by atoms with Crippen molar-refractivity contribution in [1.29, 1.82) is 0 Å². The maximum Gasteiger partial charge on any atom is 0.490 e. The number of methoxy groups -OCH3 is 1. The van der Waals surface area contributed by atoms with Crippen LogP contribution in [0.4, 0.5) is 13.2 Å². The number of para-hydroxylation sites is 1. The van der Waals surface area contributed by atoms with Gasteiger partial charge in [-0.05, 0) is 25.2 Å². The van der Waals surface area contributed by atoms with Crippen molar-refractivity contribution < 1.29 is 32.5 Å². The van der Waals surface area contributed by atoms with Crippen LogP contribution in [0.3, 0.4) is 0 Å². The monoisotopic (exact) mass is 413 g/mol. The van der Waals surface area contributed by atoms with Gasteiger partial charge in [-0.25, -0.2) is 9.78 Å². The number of fused-ring (bicyclic) bond motifs is 4. The molecule has 10 heteroatoms. The van der Waals surface area contributed by atoms with Gasteiger partial charge < -0.3 is 24.5 Å². The first kappa shape index (κ1) is 21.1. The Morgan fingerprint density at radius 3 is 2.62 bits per heavy atom. The fraction of sp³-hybridized carbons (Fsp3) is 0.474. The first-order valence-electron chi connectivity index (χ1n) is 9.12. The first-order valence-corrected chi connectivity index (χ1v) is 9.12. The molecule has 3 heterocycles. The molecule has 29 heavy (non-hydrogen) atoms. The van der Waals surface area contributed by atoms with E-state index in [1.807, 2.05) is 18.5 Å². The molecule has 0 atom stereocenters. The fourth-order valence-corrected chi connectivity index (χ4v) is 3.60. The second-order valence-electron chi connectivity index (χ2n) is 6.77. The zero-order chi connectivity index (χ0) is 21.1. The average Bonchev–Trinajstić information content (AvgIpc) is 3.12. The van der Waals surface area contributed by atoms with Gasteiger partial charge in [0, 0.05) is 32.1 Å². The number of benzene rings is 1. The highest BCUT2D eigenvalue weighted by atomic mass is 19.4. The number of carboxylic acids is 1. The number of alkyl halides is 3. The van der Waals surface area contributed by atoms with Crippen molar-refractivity contribution in [2.75, 3.05) is 26.8 Å². The number of carboxylic acid groups (broad SMARTS) is 1. The zero-order valence-corrected chi connectivity index (χ0v) is 15.8. The van der Waals surface area contributed by atoms with E-state index in [-0.39, 0.29) is 5.60 Å². The van der Waals surface area contributed by atoms with Gasteiger partial charge in [0.2, 0.25) is 0 Å².